The molecule has 3 aromatic rings. The van der Waals surface area contributed by atoms with E-state index in [2.05, 4.69) is 48.6 Å². The predicted octanol–water partition coefficient (Wildman–Crippen LogP) is 4.66. The van der Waals surface area contributed by atoms with Gasteiger partial charge in [-0.1, -0.05) is 28.1 Å². The highest BCUT2D eigenvalue weighted by Gasteiger charge is 2.30. The minimum Gasteiger partial charge on any atom is -0.506 e. The third-order valence-corrected chi connectivity index (χ3v) is 6.63. The number of carbonyl (C=O) groups excluding carboxylic acids is 1. The Labute approximate surface area is 208 Å². The number of rotatable bonds is 5. The maximum Gasteiger partial charge on any atom is 0.337 e. The molecular weight excluding hydrogens is 552 g/mol. The number of nitrogens with one attached hydrogen (secondary N) is 1. The number of methoxy groups -OCH3 is 2. The summed E-state index contributed by atoms with van der Waals surface area (Å²) in [5.41, 5.74) is 4.19. The molecule has 0 saturated heterocycles. The fourth-order valence-electron chi connectivity index (χ4n) is 3.83. The molecule has 0 aliphatic carbocycles. The molecule has 170 valence electrons. The number of carbonyl (C=O) groups is 1. The quantitative estimate of drug-likeness (QED) is 0.386. The fourth-order valence-corrected chi connectivity index (χ4v) is 5.09. The number of esters is 1. The second-order valence-electron chi connectivity index (χ2n) is 7.59. The standard InChI is InChI=1S/C25H22Br2N2O4/c1-32-18-9-7-14(8-10-18)21-13-22(19-11-17(26)12-20(27)23(19)30)29-24(28-21)15-3-5-16(6-4-15)25(31)33-2/h3-13,22,24,28-30H,1-2H3/p+1. The van der Waals surface area contributed by atoms with Crippen molar-refractivity contribution >= 4 is 43.5 Å². The summed E-state index contributed by atoms with van der Waals surface area (Å²) in [7, 11) is 3.01. The van der Waals surface area contributed by atoms with Gasteiger partial charge in [-0.05, 0) is 70.0 Å². The van der Waals surface area contributed by atoms with Crippen LogP contribution in [0.3, 0.4) is 0 Å². The van der Waals surface area contributed by atoms with Gasteiger partial charge in [-0.25, -0.2) is 4.79 Å². The highest BCUT2D eigenvalue weighted by Crippen LogP contribution is 2.36. The molecule has 4 rings (SSSR count). The Kier molecular flexibility index (Phi) is 7.07. The van der Waals surface area contributed by atoms with Crippen molar-refractivity contribution in [1.82, 2.24) is 5.32 Å². The van der Waals surface area contributed by atoms with Gasteiger partial charge in [0.1, 0.15) is 17.5 Å². The lowest BCUT2D eigenvalue weighted by Crippen LogP contribution is -2.89. The largest absolute Gasteiger partial charge is 0.506 e. The van der Waals surface area contributed by atoms with Crippen LogP contribution in [0.15, 0.2) is 75.7 Å². The summed E-state index contributed by atoms with van der Waals surface area (Å²) in [6.07, 6.45) is 1.94. The Morgan fingerprint density at radius 1 is 1.03 bits per heavy atom. The molecular formula is C25H23Br2N2O4+. The Morgan fingerprint density at radius 3 is 2.36 bits per heavy atom. The minimum atomic E-state index is -0.372. The highest BCUT2D eigenvalue weighted by molar-refractivity contribution is 9.11. The van der Waals surface area contributed by atoms with E-state index in [1.54, 1.807) is 19.2 Å². The molecule has 3 aromatic carbocycles. The van der Waals surface area contributed by atoms with Crippen LogP contribution in [0, 0.1) is 0 Å². The molecule has 0 radical (unpaired) electrons. The number of hydrogen-bond acceptors (Lipinski definition) is 5. The minimum absolute atomic E-state index is 0.152. The zero-order valence-electron chi connectivity index (χ0n) is 18.0. The lowest BCUT2D eigenvalue weighted by molar-refractivity contribution is -0.731. The Bertz CT molecular complexity index is 1190. The van der Waals surface area contributed by atoms with Gasteiger partial charge < -0.3 is 25.2 Å². The third kappa shape index (κ3) is 5.08. The van der Waals surface area contributed by atoms with Crippen molar-refractivity contribution in [3.8, 4) is 11.5 Å². The number of phenols is 1. The maximum atomic E-state index is 11.8. The molecule has 0 saturated carbocycles. The summed E-state index contributed by atoms with van der Waals surface area (Å²) in [5.74, 6) is 0.607. The Hall–Kier alpha value is -2.81. The molecule has 2 unspecified atom stereocenters. The molecule has 1 heterocycles. The van der Waals surface area contributed by atoms with Gasteiger partial charge in [-0.15, -0.1) is 0 Å². The van der Waals surface area contributed by atoms with Crippen molar-refractivity contribution in [3.05, 3.63) is 97.9 Å². The topological polar surface area (TPSA) is 84.4 Å². The molecule has 2 atom stereocenters. The zero-order chi connectivity index (χ0) is 23.5. The van der Waals surface area contributed by atoms with E-state index < -0.39 is 0 Å². The predicted molar refractivity (Wildman–Crippen MR) is 133 cm³/mol. The van der Waals surface area contributed by atoms with Gasteiger partial charge in [-0.3, -0.25) is 0 Å². The first kappa shape index (κ1) is 23.4. The molecule has 0 aromatic heterocycles. The van der Waals surface area contributed by atoms with Crippen LogP contribution >= 0.6 is 31.9 Å². The number of ether oxygens (including phenoxy) is 2. The van der Waals surface area contributed by atoms with E-state index in [1.807, 2.05) is 48.5 Å². The summed E-state index contributed by atoms with van der Waals surface area (Å²) in [6, 6.07) is 18.7. The van der Waals surface area contributed by atoms with Crippen molar-refractivity contribution in [1.29, 1.82) is 0 Å². The van der Waals surface area contributed by atoms with E-state index in [0.717, 1.165) is 32.6 Å². The monoisotopic (exact) mass is 573 g/mol. The number of hydrogen-bond donors (Lipinski definition) is 3. The lowest BCUT2D eigenvalue weighted by Gasteiger charge is -2.30. The molecule has 1 aliphatic rings. The van der Waals surface area contributed by atoms with Gasteiger partial charge in [0.25, 0.3) is 0 Å². The molecule has 33 heavy (non-hydrogen) atoms. The average Bonchev–Trinajstić information content (AvgIpc) is 2.85. The second-order valence-corrected chi connectivity index (χ2v) is 9.36. The molecule has 1 aliphatic heterocycles. The van der Waals surface area contributed by atoms with Gasteiger partial charge in [0, 0.05) is 21.8 Å². The molecule has 6 nitrogen and oxygen atoms in total. The fraction of sp³-hybridized carbons (Fsp3) is 0.160. The summed E-state index contributed by atoms with van der Waals surface area (Å²) in [5, 5.41) is 16.5. The number of quaternary nitrogens is 1. The van der Waals surface area contributed by atoms with Crippen molar-refractivity contribution in [3.63, 3.8) is 0 Å². The van der Waals surface area contributed by atoms with E-state index in [1.165, 1.54) is 7.11 Å². The van der Waals surface area contributed by atoms with Crippen molar-refractivity contribution in [2.24, 2.45) is 0 Å². The Balaban J connectivity index is 1.74. The van der Waals surface area contributed by atoms with Crippen LogP contribution in [0.4, 0.5) is 0 Å². The highest BCUT2D eigenvalue weighted by atomic mass is 79.9. The van der Waals surface area contributed by atoms with Crippen LogP contribution in [0.5, 0.6) is 11.5 Å². The number of benzene rings is 3. The number of aromatic hydroxyl groups is 1. The van der Waals surface area contributed by atoms with E-state index >= 15 is 0 Å². The SMILES string of the molecule is COC(=O)c1ccc(C2NC(c3ccc(OC)cc3)=CC(c3cc(Br)cc(Br)c3O)[NH2+]2)cc1. The first-order valence-electron chi connectivity index (χ1n) is 10.2. The van der Waals surface area contributed by atoms with Gasteiger partial charge >= 0.3 is 5.97 Å². The zero-order valence-corrected chi connectivity index (χ0v) is 21.2. The van der Waals surface area contributed by atoms with Crippen molar-refractivity contribution in [2.75, 3.05) is 14.2 Å². The lowest BCUT2D eigenvalue weighted by atomic mass is 9.97. The van der Waals surface area contributed by atoms with E-state index in [4.69, 9.17) is 9.47 Å². The van der Waals surface area contributed by atoms with Crippen molar-refractivity contribution in [2.45, 2.75) is 12.2 Å². The van der Waals surface area contributed by atoms with Gasteiger partial charge in [0.2, 0.25) is 0 Å². The van der Waals surface area contributed by atoms with Crippen LogP contribution in [-0.2, 0) is 4.74 Å². The van der Waals surface area contributed by atoms with Crippen LogP contribution in [0.1, 0.15) is 39.3 Å². The van der Waals surface area contributed by atoms with Crippen LogP contribution in [0.25, 0.3) is 5.70 Å². The van der Waals surface area contributed by atoms with Gasteiger partial charge in [0.15, 0.2) is 6.17 Å². The molecule has 4 N–H and O–H groups in total. The maximum absolute atomic E-state index is 11.8. The van der Waals surface area contributed by atoms with Crippen LogP contribution in [0.2, 0.25) is 0 Å². The summed E-state index contributed by atoms with van der Waals surface area (Å²) >= 11 is 6.97. The first-order chi connectivity index (χ1) is 15.9. The number of halogens is 2. The molecule has 0 fully saturated rings. The average molecular weight is 575 g/mol. The van der Waals surface area contributed by atoms with Gasteiger partial charge in [0.05, 0.1) is 29.8 Å². The number of nitrogens with two attached hydrogens (primary N) is 1. The molecule has 8 heteroatoms. The first-order valence-corrected chi connectivity index (χ1v) is 11.8. The summed E-state index contributed by atoms with van der Waals surface area (Å²) in [4.78, 5) is 11.8. The second kappa shape index (κ2) is 9.99. The summed E-state index contributed by atoms with van der Waals surface area (Å²) in [6.45, 7) is 0. The van der Waals surface area contributed by atoms with Gasteiger partial charge in [-0.2, -0.15) is 0 Å². The van der Waals surface area contributed by atoms with E-state index in [9.17, 15) is 9.90 Å². The Morgan fingerprint density at radius 2 is 1.73 bits per heavy atom. The normalized spacial score (nSPS) is 17.6. The van der Waals surface area contributed by atoms with Crippen LogP contribution in [-0.4, -0.2) is 25.3 Å². The van der Waals surface area contributed by atoms with E-state index in [0.29, 0.717) is 10.0 Å². The molecule has 0 amide bonds. The van der Waals surface area contributed by atoms with E-state index in [-0.39, 0.29) is 23.9 Å². The number of phenolic OH excluding ortho intramolecular Hbond substituents is 1. The molecule has 0 bridgehead atoms. The molecule has 0 spiro atoms. The summed E-state index contributed by atoms with van der Waals surface area (Å²) < 4.78 is 11.6. The van der Waals surface area contributed by atoms with Crippen LogP contribution < -0.4 is 15.4 Å². The smallest absolute Gasteiger partial charge is 0.337 e. The third-order valence-electron chi connectivity index (χ3n) is 5.57. The van der Waals surface area contributed by atoms with Crippen molar-refractivity contribution < 1.29 is 24.7 Å².